The minimum Gasteiger partial charge on any atom is -0.494 e. The van der Waals surface area contributed by atoms with Crippen molar-refractivity contribution in [3.8, 4) is 11.5 Å². The van der Waals surface area contributed by atoms with Crippen LogP contribution in [0.3, 0.4) is 0 Å². The summed E-state index contributed by atoms with van der Waals surface area (Å²) >= 11 is 12.1. The second-order valence-corrected chi connectivity index (χ2v) is 7.73. The highest BCUT2D eigenvalue weighted by Crippen LogP contribution is 2.40. The smallest absolute Gasteiger partial charge is 0.326 e. The minimum atomic E-state index is -1.32. The van der Waals surface area contributed by atoms with Gasteiger partial charge in [-0.15, -0.1) is 0 Å². The third-order valence-corrected chi connectivity index (χ3v) is 5.65. The van der Waals surface area contributed by atoms with Crippen LogP contribution in [0, 0.1) is 0 Å². The van der Waals surface area contributed by atoms with Gasteiger partial charge in [0, 0.05) is 13.0 Å². The van der Waals surface area contributed by atoms with Gasteiger partial charge >= 0.3 is 12.0 Å². The van der Waals surface area contributed by atoms with Crippen LogP contribution in [0.2, 0.25) is 10.0 Å². The van der Waals surface area contributed by atoms with Crippen LogP contribution < -0.4 is 25.0 Å². The number of hydrogen-bond acceptors (Lipinski definition) is 5. The largest absolute Gasteiger partial charge is 0.494 e. The molecule has 32 heavy (non-hydrogen) atoms. The Morgan fingerprint density at radius 2 is 1.72 bits per heavy atom. The van der Waals surface area contributed by atoms with Crippen molar-refractivity contribution in [1.82, 2.24) is 10.6 Å². The van der Waals surface area contributed by atoms with Crippen LogP contribution in [0.1, 0.15) is 16.8 Å². The van der Waals surface area contributed by atoms with Gasteiger partial charge in [-0.2, -0.15) is 0 Å². The zero-order valence-corrected chi connectivity index (χ0v) is 18.7. The second kappa shape index (κ2) is 9.97. The summed E-state index contributed by atoms with van der Waals surface area (Å²) < 4.78 is 10.8. The van der Waals surface area contributed by atoms with Crippen LogP contribution in [0.15, 0.2) is 36.4 Å². The third kappa shape index (κ3) is 4.68. The van der Waals surface area contributed by atoms with Crippen LogP contribution in [0.4, 0.5) is 10.5 Å². The summed E-state index contributed by atoms with van der Waals surface area (Å²) in [5.41, 5.74) is 0.341. The number of para-hydroxylation sites is 1. The molecule has 1 aliphatic heterocycles. The molecule has 0 spiro atoms. The Morgan fingerprint density at radius 1 is 1.16 bits per heavy atom. The van der Waals surface area contributed by atoms with Gasteiger partial charge in [0.1, 0.15) is 23.2 Å². The first kappa shape index (κ1) is 23.5. The van der Waals surface area contributed by atoms with E-state index in [0.29, 0.717) is 17.2 Å². The molecule has 1 aliphatic rings. The van der Waals surface area contributed by atoms with Crippen molar-refractivity contribution in [2.24, 2.45) is 0 Å². The van der Waals surface area contributed by atoms with Crippen LogP contribution in [-0.2, 0) is 4.79 Å². The van der Waals surface area contributed by atoms with Gasteiger partial charge in [0.15, 0.2) is 0 Å². The molecule has 11 heteroatoms. The van der Waals surface area contributed by atoms with E-state index in [4.69, 9.17) is 32.7 Å². The van der Waals surface area contributed by atoms with Crippen molar-refractivity contribution in [2.75, 3.05) is 25.7 Å². The van der Waals surface area contributed by atoms with E-state index >= 15 is 0 Å². The Balaban J connectivity index is 1.89. The number of carboxylic acid groups (broad SMARTS) is 1. The zero-order chi connectivity index (χ0) is 23.4. The van der Waals surface area contributed by atoms with Crippen LogP contribution in [0.25, 0.3) is 0 Å². The summed E-state index contributed by atoms with van der Waals surface area (Å²) in [5.74, 6) is -1.24. The first-order valence-electron chi connectivity index (χ1n) is 9.54. The maximum absolute atomic E-state index is 12.7. The Kier molecular flexibility index (Phi) is 7.32. The molecule has 9 nitrogen and oxygen atoms in total. The molecule has 2 atom stereocenters. The standard InChI is InChI=1S/C21H21Cl2N3O6/c1-31-15-7-4-8-16(32-2)18(15)26-11(10-24-21(26)30)9-14(20(28)29)25-19(27)17-12(22)5-3-6-13(17)23/h3-8,11,14H,9-10H2,1-2H3,(H,24,30)(H,25,27)(H,28,29). The lowest BCUT2D eigenvalue weighted by Gasteiger charge is -2.28. The lowest BCUT2D eigenvalue weighted by Crippen LogP contribution is -2.46. The SMILES string of the molecule is COc1cccc(OC)c1N1C(=O)NCC1CC(NC(=O)c1c(Cl)cccc1Cl)C(=O)O. The number of carboxylic acids is 1. The molecule has 0 radical (unpaired) electrons. The summed E-state index contributed by atoms with van der Waals surface area (Å²) in [5, 5.41) is 15.1. The van der Waals surface area contributed by atoms with E-state index in [1.165, 1.54) is 31.3 Å². The highest BCUT2D eigenvalue weighted by Gasteiger charge is 2.39. The molecule has 3 amide bonds. The maximum Gasteiger partial charge on any atom is 0.326 e. The topological polar surface area (TPSA) is 117 Å². The first-order valence-corrected chi connectivity index (χ1v) is 10.3. The Hall–Kier alpha value is -3.17. The van der Waals surface area contributed by atoms with Gasteiger partial charge in [0.25, 0.3) is 5.91 Å². The van der Waals surface area contributed by atoms with Gasteiger partial charge in [0.05, 0.1) is 35.9 Å². The van der Waals surface area contributed by atoms with Gasteiger partial charge in [-0.1, -0.05) is 35.3 Å². The molecule has 3 rings (SSSR count). The predicted molar refractivity (Wildman–Crippen MR) is 119 cm³/mol. The van der Waals surface area contributed by atoms with Crippen molar-refractivity contribution >= 4 is 46.8 Å². The molecule has 0 aliphatic carbocycles. The molecule has 1 heterocycles. The third-order valence-electron chi connectivity index (χ3n) is 5.02. The number of ether oxygens (including phenoxy) is 2. The number of nitrogens with zero attached hydrogens (tertiary/aromatic N) is 1. The molecule has 1 fully saturated rings. The fourth-order valence-electron chi connectivity index (χ4n) is 3.53. The van der Waals surface area contributed by atoms with E-state index in [1.54, 1.807) is 24.3 Å². The number of aliphatic carboxylic acids is 1. The van der Waals surface area contributed by atoms with E-state index in [9.17, 15) is 19.5 Å². The van der Waals surface area contributed by atoms with Crippen molar-refractivity contribution in [3.63, 3.8) is 0 Å². The van der Waals surface area contributed by atoms with Gasteiger partial charge in [-0.3, -0.25) is 9.69 Å². The van der Waals surface area contributed by atoms with Crippen molar-refractivity contribution in [1.29, 1.82) is 0 Å². The van der Waals surface area contributed by atoms with Gasteiger partial charge in [0.2, 0.25) is 0 Å². The fourth-order valence-corrected chi connectivity index (χ4v) is 4.10. The first-order chi connectivity index (χ1) is 15.3. The van der Waals surface area contributed by atoms with Gasteiger partial charge in [-0.05, 0) is 24.3 Å². The highest BCUT2D eigenvalue weighted by atomic mass is 35.5. The number of hydrogen-bond donors (Lipinski definition) is 3. The maximum atomic E-state index is 12.7. The molecule has 0 bridgehead atoms. The normalized spacial score (nSPS) is 16.3. The molecule has 0 saturated carbocycles. The van der Waals surface area contributed by atoms with Gasteiger partial charge in [-0.25, -0.2) is 9.59 Å². The van der Waals surface area contributed by atoms with E-state index in [1.807, 2.05) is 0 Å². The number of carbonyl (C=O) groups is 3. The number of methoxy groups -OCH3 is 2. The summed E-state index contributed by atoms with van der Waals surface area (Å²) in [6.45, 7) is 0.159. The fraction of sp³-hybridized carbons (Fsp3) is 0.286. The number of urea groups is 1. The molecular formula is C21H21Cl2N3O6. The number of carbonyl (C=O) groups excluding carboxylic acids is 2. The van der Waals surface area contributed by atoms with Crippen molar-refractivity contribution in [3.05, 3.63) is 52.0 Å². The summed E-state index contributed by atoms with van der Waals surface area (Å²) in [4.78, 5) is 38.7. The summed E-state index contributed by atoms with van der Waals surface area (Å²) in [6, 6.07) is 7.18. The van der Waals surface area contributed by atoms with Crippen LogP contribution in [-0.4, -0.2) is 55.9 Å². The predicted octanol–water partition coefficient (Wildman–Crippen LogP) is 3.18. The molecule has 170 valence electrons. The molecule has 1 saturated heterocycles. The molecule has 2 aromatic carbocycles. The van der Waals surface area contributed by atoms with Crippen molar-refractivity contribution in [2.45, 2.75) is 18.5 Å². The molecule has 0 aromatic heterocycles. The number of halogens is 2. The number of amides is 3. The number of nitrogens with one attached hydrogen (secondary N) is 2. The van der Waals surface area contributed by atoms with Crippen LogP contribution in [0.5, 0.6) is 11.5 Å². The van der Waals surface area contributed by atoms with Crippen molar-refractivity contribution < 1.29 is 29.0 Å². The molecular weight excluding hydrogens is 461 g/mol. The number of benzene rings is 2. The zero-order valence-electron chi connectivity index (χ0n) is 17.2. The average molecular weight is 482 g/mol. The van der Waals surface area contributed by atoms with E-state index in [2.05, 4.69) is 10.6 Å². The highest BCUT2D eigenvalue weighted by molar-refractivity contribution is 6.39. The molecule has 2 unspecified atom stereocenters. The van der Waals surface area contributed by atoms with Gasteiger partial charge < -0.3 is 25.2 Å². The van der Waals surface area contributed by atoms with Crippen LogP contribution >= 0.6 is 23.2 Å². The Bertz CT molecular complexity index is 1010. The molecule has 3 N–H and O–H groups in total. The Labute approximate surface area is 194 Å². The summed E-state index contributed by atoms with van der Waals surface area (Å²) in [6.07, 6.45) is -0.0942. The Morgan fingerprint density at radius 3 is 2.25 bits per heavy atom. The minimum absolute atomic E-state index is 0.0223. The average Bonchev–Trinajstić information content (AvgIpc) is 3.11. The van der Waals surface area contributed by atoms with E-state index in [0.717, 1.165) is 0 Å². The van der Waals surface area contributed by atoms with E-state index in [-0.39, 0.29) is 28.6 Å². The second-order valence-electron chi connectivity index (χ2n) is 6.92. The summed E-state index contributed by atoms with van der Waals surface area (Å²) in [7, 11) is 2.91. The quantitative estimate of drug-likeness (QED) is 0.532. The lowest BCUT2D eigenvalue weighted by molar-refractivity contribution is -0.139. The lowest BCUT2D eigenvalue weighted by atomic mass is 10.0. The van der Waals surface area contributed by atoms with E-state index < -0.39 is 30.0 Å². The molecule has 2 aromatic rings. The number of anilines is 1. The monoisotopic (exact) mass is 481 g/mol. The number of rotatable bonds is 8.